The molecule has 2 rings (SSSR count). The van der Waals surface area contributed by atoms with E-state index in [4.69, 9.17) is 18.0 Å². The van der Waals surface area contributed by atoms with Crippen molar-refractivity contribution < 1.29 is 4.79 Å². The van der Waals surface area contributed by atoms with E-state index in [9.17, 15) is 9.59 Å². The van der Waals surface area contributed by atoms with Gasteiger partial charge in [-0.25, -0.2) is 0 Å². The molecule has 0 bridgehead atoms. The average molecular weight is 293 g/mol. The topological polar surface area (TPSA) is 88.0 Å². The molecule has 5 nitrogen and oxygen atoms in total. The predicted octanol–water partition coefficient (Wildman–Crippen LogP) is 1.48. The Bertz CT molecular complexity index is 560. The Balaban J connectivity index is 2.21. The van der Waals surface area contributed by atoms with Crippen molar-refractivity contribution in [2.45, 2.75) is 44.1 Å². The van der Waals surface area contributed by atoms with Crippen molar-refractivity contribution in [1.82, 2.24) is 10.3 Å². The molecule has 1 aliphatic rings. The zero-order valence-corrected chi connectivity index (χ0v) is 12.1. The molecule has 1 saturated carbocycles. The summed E-state index contributed by atoms with van der Waals surface area (Å²) in [6.45, 7) is 0. The van der Waals surface area contributed by atoms with Gasteiger partial charge in [-0.3, -0.25) is 9.59 Å². The van der Waals surface area contributed by atoms with Crippen LogP contribution in [0.2, 0.25) is 0 Å². The second-order valence-electron chi connectivity index (χ2n) is 5.26. The third-order valence-electron chi connectivity index (χ3n) is 3.82. The van der Waals surface area contributed by atoms with Crippen LogP contribution < -0.4 is 16.6 Å². The lowest BCUT2D eigenvalue weighted by Gasteiger charge is -2.32. The van der Waals surface area contributed by atoms with Crippen molar-refractivity contribution in [3.8, 4) is 0 Å². The van der Waals surface area contributed by atoms with Crippen LogP contribution in [0.25, 0.3) is 0 Å². The van der Waals surface area contributed by atoms with E-state index in [0.717, 1.165) is 38.5 Å². The summed E-state index contributed by atoms with van der Waals surface area (Å²) in [7, 11) is 0. The first-order valence-electron chi connectivity index (χ1n) is 6.85. The fraction of sp³-hybridized carbons (Fsp3) is 0.500. The van der Waals surface area contributed by atoms with Gasteiger partial charge in [-0.05, 0) is 18.9 Å². The number of hydrogen-bond acceptors (Lipinski definition) is 3. The maximum Gasteiger partial charge on any atom is 0.252 e. The van der Waals surface area contributed by atoms with Crippen LogP contribution in [0.15, 0.2) is 23.1 Å². The van der Waals surface area contributed by atoms with Gasteiger partial charge in [-0.2, -0.15) is 0 Å². The van der Waals surface area contributed by atoms with Gasteiger partial charge in [-0.15, -0.1) is 0 Å². The Morgan fingerprint density at radius 1 is 1.30 bits per heavy atom. The summed E-state index contributed by atoms with van der Waals surface area (Å²) < 4.78 is 0. The summed E-state index contributed by atoms with van der Waals surface area (Å²) in [5.74, 6) is -0.300. The van der Waals surface area contributed by atoms with E-state index in [2.05, 4.69) is 10.3 Å². The fourth-order valence-corrected chi connectivity index (χ4v) is 2.90. The zero-order chi connectivity index (χ0) is 14.6. The molecular formula is C14H19N3O2S. The zero-order valence-electron chi connectivity index (χ0n) is 11.3. The number of aromatic amines is 1. The minimum absolute atomic E-state index is 0.300. The molecule has 1 amide bonds. The van der Waals surface area contributed by atoms with Crippen LogP contribution in [0.4, 0.5) is 0 Å². The molecule has 0 aliphatic heterocycles. The van der Waals surface area contributed by atoms with E-state index in [0.29, 0.717) is 10.6 Å². The SMILES string of the molecule is NC(=S)C1(NC(=O)c2cc[nH]c(=O)c2)CCCCCC1. The molecule has 0 aromatic carbocycles. The van der Waals surface area contributed by atoms with Crippen LogP contribution in [0.3, 0.4) is 0 Å². The Labute approximate surface area is 123 Å². The standard InChI is InChI=1S/C14H19N3O2S/c15-13(20)14(6-3-1-2-4-7-14)17-12(19)10-5-8-16-11(18)9-10/h5,8-9H,1-4,6-7H2,(H2,15,20)(H,16,18)(H,17,19). The van der Waals surface area contributed by atoms with E-state index in [1.54, 1.807) is 6.07 Å². The summed E-state index contributed by atoms with van der Waals surface area (Å²) in [5, 5.41) is 2.96. The first kappa shape index (κ1) is 14.7. The van der Waals surface area contributed by atoms with Gasteiger partial charge < -0.3 is 16.0 Å². The largest absolute Gasteiger partial charge is 0.391 e. The van der Waals surface area contributed by atoms with Crippen LogP contribution in [0, 0.1) is 0 Å². The second kappa shape index (κ2) is 6.17. The van der Waals surface area contributed by atoms with Gasteiger partial charge in [0.15, 0.2) is 0 Å². The number of nitrogens with one attached hydrogen (secondary N) is 2. The van der Waals surface area contributed by atoms with Gasteiger partial charge >= 0.3 is 0 Å². The molecule has 1 aromatic heterocycles. The number of amides is 1. The van der Waals surface area contributed by atoms with E-state index >= 15 is 0 Å². The Kier molecular flexibility index (Phi) is 4.54. The highest BCUT2D eigenvalue weighted by Crippen LogP contribution is 2.27. The first-order chi connectivity index (χ1) is 9.53. The van der Waals surface area contributed by atoms with Crippen molar-refractivity contribution >= 4 is 23.1 Å². The highest BCUT2D eigenvalue weighted by atomic mass is 32.1. The van der Waals surface area contributed by atoms with Crippen LogP contribution in [-0.4, -0.2) is 21.4 Å². The predicted molar refractivity (Wildman–Crippen MR) is 81.7 cm³/mol. The molecule has 0 saturated heterocycles. The Hall–Kier alpha value is -1.69. The molecular weight excluding hydrogens is 274 g/mol. The monoisotopic (exact) mass is 293 g/mol. The van der Waals surface area contributed by atoms with Gasteiger partial charge in [0, 0.05) is 17.8 Å². The normalized spacial score (nSPS) is 18.0. The van der Waals surface area contributed by atoms with Crippen molar-refractivity contribution in [2.75, 3.05) is 0 Å². The number of carbonyl (C=O) groups is 1. The smallest absolute Gasteiger partial charge is 0.252 e. The van der Waals surface area contributed by atoms with Gasteiger partial charge in [0.05, 0.1) is 10.5 Å². The van der Waals surface area contributed by atoms with E-state index < -0.39 is 5.54 Å². The third-order valence-corrected chi connectivity index (χ3v) is 4.21. The number of nitrogens with two attached hydrogens (primary N) is 1. The summed E-state index contributed by atoms with van der Waals surface area (Å²) >= 11 is 5.18. The lowest BCUT2D eigenvalue weighted by molar-refractivity contribution is 0.0917. The minimum atomic E-state index is -0.620. The summed E-state index contributed by atoms with van der Waals surface area (Å²) in [6, 6.07) is 2.85. The maximum atomic E-state index is 12.3. The van der Waals surface area contributed by atoms with Crippen LogP contribution in [-0.2, 0) is 0 Å². The molecule has 0 radical (unpaired) electrons. The van der Waals surface area contributed by atoms with Gasteiger partial charge in [-0.1, -0.05) is 37.9 Å². The Morgan fingerprint density at radius 3 is 2.50 bits per heavy atom. The molecule has 4 N–H and O–H groups in total. The second-order valence-corrected chi connectivity index (χ2v) is 5.70. The average Bonchev–Trinajstić information content (AvgIpc) is 2.65. The summed E-state index contributed by atoms with van der Waals surface area (Å²) in [6.07, 6.45) is 7.22. The van der Waals surface area contributed by atoms with Gasteiger partial charge in [0.2, 0.25) is 5.56 Å². The molecule has 0 atom stereocenters. The number of carbonyl (C=O) groups excluding carboxylic acids is 1. The van der Waals surface area contributed by atoms with Crippen molar-refractivity contribution in [3.63, 3.8) is 0 Å². The minimum Gasteiger partial charge on any atom is -0.391 e. The molecule has 1 aliphatic carbocycles. The van der Waals surface area contributed by atoms with Crippen molar-refractivity contribution in [1.29, 1.82) is 0 Å². The van der Waals surface area contributed by atoms with Crippen molar-refractivity contribution in [2.24, 2.45) is 5.73 Å². The van der Waals surface area contributed by atoms with Crippen LogP contribution in [0.5, 0.6) is 0 Å². The number of pyridine rings is 1. The highest BCUT2D eigenvalue weighted by molar-refractivity contribution is 7.80. The molecule has 1 aromatic rings. The van der Waals surface area contributed by atoms with Gasteiger partial charge in [0.1, 0.15) is 0 Å². The summed E-state index contributed by atoms with van der Waals surface area (Å²) in [5.41, 5.74) is 5.28. The Morgan fingerprint density at radius 2 is 1.95 bits per heavy atom. The number of thiocarbonyl (C=S) groups is 1. The van der Waals surface area contributed by atoms with E-state index in [1.807, 2.05) is 0 Å². The number of hydrogen-bond donors (Lipinski definition) is 3. The van der Waals surface area contributed by atoms with Gasteiger partial charge in [0.25, 0.3) is 5.91 Å². The fourth-order valence-electron chi connectivity index (χ4n) is 2.64. The molecule has 20 heavy (non-hydrogen) atoms. The number of H-pyrrole nitrogens is 1. The molecule has 1 heterocycles. The lowest BCUT2D eigenvalue weighted by atomic mass is 9.89. The third kappa shape index (κ3) is 3.25. The van der Waals surface area contributed by atoms with Crippen LogP contribution in [0.1, 0.15) is 48.9 Å². The quantitative estimate of drug-likeness (QED) is 0.582. The highest BCUT2D eigenvalue weighted by Gasteiger charge is 2.35. The van der Waals surface area contributed by atoms with Crippen molar-refractivity contribution in [3.05, 3.63) is 34.2 Å². The molecule has 0 spiro atoms. The van der Waals surface area contributed by atoms with Crippen LogP contribution >= 0.6 is 12.2 Å². The molecule has 0 unspecified atom stereocenters. The van der Waals surface area contributed by atoms with E-state index in [-0.39, 0.29) is 11.5 Å². The molecule has 108 valence electrons. The first-order valence-corrected chi connectivity index (χ1v) is 7.25. The lowest BCUT2D eigenvalue weighted by Crippen LogP contribution is -2.56. The van der Waals surface area contributed by atoms with E-state index in [1.165, 1.54) is 12.3 Å². The number of rotatable bonds is 3. The molecule has 6 heteroatoms. The summed E-state index contributed by atoms with van der Waals surface area (Å²) in [4.78, 5) is 26.4. The maximum absolute atomic E-state index is 12.3. The molecule has 1 fully saturated rings. The number of aromatic nitrogens is 1.